The van der Waals surface area contributed by atoms with Gasteiger partial charge in [-0.25, -0.2) is 0 Å². The molecule has 0 heterocycles. The van der Waals surface area contributed by atoms with Crippen LogP contribution in [0.5, 0.6) is 0 Å². The molecule has 0 aromatic carbocycles. The molecule has 0 saturated carbocycles. The lowest BCUT2D eigenvalue weighted by Gasteiger charge is -2.21. The van der Waals surface area contributed by atoms with Crippen molar-refractivity contribution >= 4 is 0 Å². The summed E-state index contributed by atoms with van der Waals surface area (Å²) in [5, 5.41) is 12.3. The van der Waals surface area contributed by atoms with Crippen LogP contribution < -0.4 is 11.1 Å². The molecule has 3 heteroatoms. The molecule has 1 unspecified atom stereocenters. The molecule has 0 aromatic rings. The predicted octanol–water partition coefficient (Wildman–Crippen LogP) is 7.83. The standard InChI is InChI=1S/C27H47N3/c1-7-8-9-13-16-24(5)26(29)18-15-12-10-11-14-17-25(6)30-27(22(2)3)20-19-23(4)21-28/h27,30H,2,4,6-20,29H2,1,3,5H3/b26-24+. The van der Waals surface area contributed by atoms with Gasteiger partial charge in [0.15, 0.2) is 0 Å². The van der Waals surface area contributed by atoms with Crippen molar-refractivity contribution < 1.29 is 0 Å². The second kappa shape index (κ2) is 17.9. The molecule has 0 aromatic heterocycles. The third-order valence-electron chi connectivity index (χ3n) is 5.74. The van der Waals surface area contributed by atoms with E-state index in [9.17, 15) is 0 Å². The molecule has 0 aliphatic carbocycles. The van der Waals surface area contributed by atoms with Crippen LogP contribution in [-0.2, 0) is 0 Å². The van der Waals surface area contributed by atoms with Crippen molar-refractivity contribution in [1.29, 1.82) is 5.26 Å². The van der Waals surface area contributed by atoms with Gasteiger partial charge in [0.25, 0.3) is 0 Å². The van der Waals surface area contributed by atoms with Crippen LogP contribution in [0.4, 0.5) is 0 Å². The molecule has 0 bridgehead atoms. The van der Waals surface area contributed by atoms with E-state index in [2.05, 4.69) is 45.0 Å². The minimum absolute atomic E-state index is 0.169. The fourth-order valence-electron chi connectivity index (χ4n) is 3.51. The summed E-state index contributed by atoms with van der Waals surface area (Å²) in [7, 11) is 0. The summed E-state index contributed by atoms with van der Waals surface area (Å²) in [5.74, 6) is 0. The van der Waals surface area contributed by atoms with Gasteiger partial charge in [0.05, 0.1) is 6.07 Å². The van der Waals surface area contributed by atoms with Gasteiger partial charge in [0.2, 0.25) is 0 Å². The van der Waals surface area contributed by atoms with Crippen molar-refractivity contribution in [3.8, 4) is 6.07 Å². The highest BCUT2D eigenvalue weighted by Gasteiger charge is 2.10. The highest BCUT2D eigenvalue weighted by atomic mass is 14.9. The van der Waals surface area contributed by atoms with Crippen LogP contribution >= 0.6 is 0 Å². The molecule has 3 N–H and O–H groups in total. The van der Waals surface area contributed by atoms with E-state index in [-0.39, 0.29) is 6.04 Å². The summed E-state index contributed by atoms with van der Waals surface area (Å²) in [6.07, 6.45) is 16.0. The Kier molecular flexibility index (Phi) is 16.7. The molecule has 0 aliphatic heterocycles. The molecule has 3 nitrogen and oxygen atoms in total. The van der Waals surface area contributed by atoms with E-state index in [1.807, 2.05) is 6.92 Å². The quantitative estimate of drug-likeness (QED) is 0.129. The van der Waals surface area contributed by atoms with Crippen molar-refractivity contribution in [3.63, 3.8) is 0 Å². The zero-order chi connectivity index (χ0) is 22.8. The van der Waals surface area contributed by atoms with Gasteiger partial charge in [-0.3, -0.25) is 0 Å². The molecule has 0 rings (SSSR count). The Hall–Kier alpha value is -1.95. The maximum atomic E-state index is 8.86. The van der Waals surface area contributed by atoms with Gasteiger partial charge in [-0.15, -0.1) is 0 Å². The Balaban J connectivity index is 3.91. The first kappa shape index (κ1) is 28.1. The third kappa shape index (κ3) is 15.0. The maximum absolute atomic E-state index is 8.86. The number of nitrogens with two attached hydrogens (primary N) is 1. The highest BCUT2D eigenvalue weighted by molar-refractivity contribution is 5.17. The van der Waals surface area contributed by atoms with E-state index in [0.29, 0.717) is 12.0 Å². The fourth-order valence-corrected chi connectivity index (χ4v) is 3.51. The van der Waals surface area contributed by atoms with Crippen LogP contribution in [0.2, 0.25) is 0 Å². The molecular weight excluding hydrogens is 366 g/mol. The van der Waals surface area contributed by atoms with Crippen LogP contribution in [0.3, 0.4) is 0 Å². The predicted molar refractivity (Wildman–Crippen MR) is 133 cm³/mol. The molecule has 0 radical (unpaired) electrons. The van der Waals surface area contributed by atoms with Gasteiger partial charge < -0.3 is 11.1 Å². The average Bonchev–Trinajstić information content (AvgIpc) is 2.72. The number of hydrogen-bond acceptors (Lipinski definition) is 3. The monoisotopic (exact) mass is 413 g/mol. The Labute approximate surface area is 187 Å². The molecular formula is C27H47N3. The summed E-state index contributed by atoms with van der Waals surface area (Å²) in [5.41, 5.74) is 11.6. The lowest BCUT2D eigenvalue weighted by atomic mass is 10.0. The van der Waals surface area contributed by atoms with E-state index >= 15 is 0 Å². The zero-order valence-corrected chi connectivity index (χ0v) is 20.1. The molecule has 0 spiro atoms. The topological polar surface area (TPSA) is 61.8 Å². The number of rotatable bonds is 19. The van der Waals surface area contributed by atoms with Crippen molar-refractivity contribution in [2.45, 2.75) is 117 Å². The van der Waals surface area contributed by atoms with Crippen LogP contribution in [-0.4, -0.2) is 6.04 Å². The lowest BCUT2D eigenvalue weighted by molar-refractivity contribution is 0.555. The molecule has 0 aliphatic rings. The summed E-state index contributed by atoms with van der Waals surface area (Å²) in [6.45, 7) is 18.5. The van der Waals surface area contributed by atoms with Crippen molar-refractivity contribution in [2.24, 2.45) is 5.73 Å². The van der Waals surface area contributed by atoms with Gasteiger partial charge >= 0.3 is 0 Å². The van der Waals surface area contributed by atoms with Crippen molar-refractivity contribution in [2.75, 3.05) is 0 Å². The lowest BCUT2D eigenvalue weighted by Crippen LogP contribution is -2.29. The SMILES string of the molecule is C=C(C#N)CCC(NC(=C)CCCCCCC/C(N)=C(/C)CCCCCC)C(=C)C. The molecule has 0 amide bonds. The molecule has 0 saturated heterocycles. The zero-order valence-electron chi connectivity index (χ0n) is 20.1. The van der Waals surface area contributed by atoms with E-state index in [1.165, 1.54) is 56.9 Å². The smallest absolute Gasteiger partial charge is 0.0940 e. The Bertz CT molecular complexity index is 592. The number of unbranched alkanes of at least 4 members (excludes halogenated alkanes) is 7. The van der Waals surface area contributed by atoms with E-state index in [1.54, 1.807) is 0 Å². The molecule has 170 valence electrons. The number of nitrogens with one attached hydrogen (secondary N) is 1. The minimum Gasteiger partial charge on any atom is -0.402 e. The molecule has 0 fully saturated rings. The van der Waals surface area contributed by atoms with Crippen LogP contribution in [0.1, 0.15) is 111 Å². The van der Waals surface area contributed by atoms with Crippen molar-refractivity contribution in [3.05, 3.63) is 47.9 Å². The van der Waals surface area contributed by atoms with Crippen LogP contribution in [0.25, 0.3) is 0 Å². The molecule has 1 atom stereocenters. The number of hydrogen-bond donors (Lipinski definition) is 2. The second-order valence-electron chi connectivity index (χ2n) is 8.78. The molecule has 30 heavy (non-hydrogen) atoms. The summed E-state index contributed by atoms with van der Waals surface area (Å²) >= 11 is 0. The van der Waals surface area contributed by atoms with Crippen LogP contribution in [0, 0.1) is 11.3 Å². The highest BCUT2D eigenvalue weighted by Crippen LogP contribution is 2.17. The fraction of sp³-hybridized carbons (Fsp3) is 0.667. The summed E-state index contributed by atoms with van der Waals surface area (Å²) < 4.78 is 0. The first-order valence-electron chi connectivity index (χ1n) is 11.9. The Morgan fingerprint density at radius 2 is 1.43 bits per heavy atom. The average molecular weight is 414 g/mol. The van der Waals surface area contributed by atoms with Crippen molar-refractivity contribution in [1.82, 2.24) is 5.32 Å². The van der Waals surface area contributed by atoms with E-state index in [4.69, 9.17) is 11.0 Å². The van der Waals surface area contributed by atoms with Gasteiger partial charge in [0.1, 0.15) is 0 Å². The summed E-state index contributed by atoms with van der Waals surface area (Å²) in [6, 6.07) is 2.28. The summed E-state index contributed by atoms with van der Waals surface area (Å²) in [4.78, 5) is 0. The van der Waals surface area contributed by atoms with Gasteiger partial charge in [0, 0.05) is 23.0 Å². The van der Waals surface area contributed by atoms with Gasteiger partial charge in [-0.05, 0) is 65.2 Å². The number of nitrogens with zero attached hydrogens (tertiary/aromatic N) is 1. The second-order valence-corrected chi connectivity index (χ2v) is 8.78. The Morgan fingerprint density at radius 1 is 0.867 bits per heavy atom. The third-order valence-corrected chi connectivity index (χ3v) is 5.74. The van der Waals surface area contributed by atoms with E-state index < -0.39 is 0 Å². The van der Waals surface area contributed by atoms with Gasteiger partial charge in [-0.1, -0.05) is 76.3 Å². The van der Waals surface area contributed by atoms with Gasteiger partial charge in [-0.2, -0.15) is 5.26 Å². The normalized spacial score (nSPS) is 12.6. The first-order valence-corrected chi connectivity index (χ1v) is 11.9. The largest absolute Gasteiger partial charge is 0.402 e. The van der Waals surface area contributed by atoms with Crippen LogP contribution in [0.15, 0.2) is 47.9 Å². The first-order chi connectivity index (χ1) is 14.3. The number of nitriles is 1. The minimum atomic E-state index is 0.169. The van der Waals surface area contributed by atoms with E-state index in [0.717, 1.165) is 49.1 Å². The Morgan fingerprint density at radius 3 is 2.03 bits per heavy atom. The maximum Gasteiger partial charge on any atom is 0.0940 e. The number of allylic oxidation sites excluding steroid dienone is 4.